The molecule has 0 aliphatic rings. The van der Waals surface area contributed by atoms with Gasteiger partial charge >= 0.3 is 0 Å². The van der Waals surface area contributed by atoms with Crippen LogP contribution in [-0.2, 0) is 6.54 Å². The molecular formula is C21H17N5O. The van der Waals surface area contributed by atoms with Crippen LogP contribution < -0.4 is 10.6 Å². The first kappa shape index (κ1) is 16.7. The average Bonchev–Trinajstić information content (AvgIpc) is 2.73. The van der Waals surface area contributed by atoms with E-state index in [-0.39, 0.29) is 5.91 Å². The summed E-state index contributed by atoms with van der Waals surface area (Å²) >= 11 is 0. The molecule has 0 saturated heterocycles. The summed E-state index contributed by atoms with van der Waals surface area (Å²) < 4.78 is 0. The Labute approximate surface area is 156 Å². The van der Waals surface area contributed by atoms with Crippen LogP contribution in [0.1, 0.15) is 15.9 Å². The third-order valence-corrected chi connectivity index (χ3v) is 4.05. The maximum atomic E-state index is 12.3. The minimum absolute atomic E-state index is 0.164. The Morgan fingerprint density at radius 3 is 2.59 bits per heavy atom. The lowest BCUT2D eigenvalue weighted by Crippen LogP contribution is -2.12. The van der Waals surface area contributed by atoms with Crippen LogP contribution in [0, 0.1) is 0 Å². The van der Waals surface area contributed by atoms with Crippen LogP contribution in [0.2, 0.25) is 0 Å². The van der Waals surface area contributed by atoms with Gasteiger partial charge in [-0.15, -0.1) is 0 Å². The number of hydrogen-bond acceptors (Lipinski definition) is 5. The number of nitrogens with zero attached hydrogens (tertiary/aromatic N) is 3. The van der Waals surface area contributed by atoms with Crippen molar-refractivity contribution in [2.75, 3.05) is 10.6 Å². The molecule has 0 aliphatic carbocycles. The predicted octanol–water partition coefficient (Wildman–Crippen LogP) is 3.89. The van der Waals surface area contributed by atoms with E-state index in [9.17, 15) is 4.79 Å². The monoisotopic (exact) mass is 355 g/mol. The Morgan fingerprint density at radius 2 is 1.74 bits per heavy atom. The summed E-state index contributed by atoms with van der Waals surface area (Å²) in [5.41, 5.74) is 4.04. The molecule has 1 amide bonds. The lowest BCUT2D eigenvalue weighted by Gasteiger charge is -2.09. The first-order valence-corrected chi connectivity index (χ1v) is 8.54. The average molecular weight is 355 g/mol. The van der Waals surface area contributed by atoms with Crippen LogP contribution in [0.3, 0.4) is 0 Å². The minimum Gasteiger partial charge on any atom is -0.365 e. The summed E-state index contributed by atoms with van der Waals surface area (Å²) in [6, 6.07) is 18.8. The van der Waals surface area contributed by atoms with Gasteiger partial charge in [0.05, 0.1) is 17.2 Å². The van der Waals surface area contributed by atoms with Crippen molar-refractivity contribution in [1.82, 2.24) is 15.0 Å². The predicted molar refractivity (Wildman–Crippen MR) is 105 cm³/mol. The number of aromatic nitrogens is 3. The summed E-state index contributed by atoms with van der Waals surface area (Å²) in [5.74, 6) is 0.544. The molecule has 0 unspecified atom stereocenters. The van der Waals surface area contributed by atoms with Gasteiger partial charge < -0.3 is 10.6 Å². The van der Waals surface area contributed by atoms with Gasteiger partial charge in [-0.3, -0.25) is 14.8 Å². The molecule has 0 atom stereocenters. The van der Waals surface area contributed by atoms with Gasteiger partial charge in [0.25, 0.3) is 5.91 Å². The SMILES string of the molecule is O=C(Nc1cccc(CNc2cnc3ccccc3n2)c1)c1ccncc1. The van der Waals surface area contributed by atoms with Gasteiger partial charge in [-0.2, -0.15) is 0 Å². The zero-order chi connectivity index (χ0) is 18.5. The standard InChI is InChI=1S/C21H17N5O/c27-21(16-8-10-22-11-9-16)25-17-5-3-4-15(12-17)13-24-20-14-23-18-6-1-2-7-19(18)26-20/h1-12,14H,13H2,(H,24,26)(H,25,27). The van der Waals surface area contributed by atoms with E-state index in [0.29, 0.717) is 17.9 Å². The summed E-state index contributed by atoms with van der Waals surface area (Å²) in [6.45, 7) is 0.575. The van der Waals surface area contributed by atoms with Crippen molar-refractivity contribution >= 4 is 28.4 Å². The van der Waals surface area contributed by atoms with Gasteiger partial charge in [0, 0.05) is 30.2 Å². The maximum Gasteiger partial charge on any atom is 0.255 e. The molecule has 0 spiro atoms. The number of carbonyl (C=O) groups excluding carboxylic acids is 1. The van der Waals surface area contributed by atoms with Crippen molar-refractivity contribution in [1.29, 1.82) is 0 Å². The Kier molecular flexibility index (Phi) is 4.70. The van der Waals surface area contributed by atoms with Crippen molar-refractivity contribution in [2.24, 2.45) is 0 Å². The van der Waals surface area contributed by atoms with E-state index in [1.54, 1.807) is 30.7 Å². The molecule has 4 aromatic rings. The summed E-state index contributed by atoms with van der Waals surface area (Å²) in [4.78, 5) is 25.1. The van der Waals surface area contributed by atoms with Gasteiger partial charge in [-0.05, 0) is 42.0 Å². The number of hydrogen-bond donors (Lipinski definition) is 2. The number of pyridine rings is 1. The Hall–Kier alpha value is -3.80. The van der Waals surface area contributed by atoms with Crippen LogP contribution in [0.25, 0.3) is 11.0 Å². The van der Waals surface area contributed by atoms with E-state index >= 15 is 0 Å². The Balaban J connectivity index is 1.43. The number of rotatable bonds is 5. The third-order valence-electron chi connectivity index (χ3n) is 4.05. The molecule has 0 saturated carbocycles. The zero-order valence-electron chi connectivity index (χ0n) is 14.5. The molecule has 2 heterocycles. The molecular weight excluding hydrogens is 338 g/mol. The van der Waals surface area contributed by atoms with E-state index in [2.05, 4.69) is 25.6 Å². The Bertz CT molecular complexity index is 1080. The van der Waals surface area contributed by atoms with Crippen molar-refractivity contribution < 1.29 is 4.79 Å². The highest BCUT2D eigenvalue weighted by atomic mass is 16.1. The number of nitrogens with one attached hydrogen (secondary N) is 2. The molecule has 0 fully saturated rings. The molecule has 2 N–H and O–H groups in total. The molecule has 27 heavy (non-hydrogen) atoms. The van der Waals surface area contributed by atoms with Crippen LogP contribution in [-0.4, -0.2) is 20.9 Å². The second-order valence-electron chi connectivity index (χ2n) is 5.99. The molecule has 0 bridgehead atoms. The van der Waals surface area contributed by atoms with E-state index in [1.165, 1.54) is 0 Å². The number of anilines is 2. The second kappa shape index (κ2) is 7.61. The first-order chi connectivity index (χ1) is 13.3. The molecule has 0 aliphatic heterocycles. The molecule has 6 heteroatoms. The number of para-hydroxylation sites is 2. The van der Waals surface area contributed by atoms with Crippen LogP contribution >= 0.6 is 0 Å². The third kappa shape index (κ3) is 4.07. The first-order valence-electron chi connectivity index (χ1n) is 8.54. The summed E-state index contributed by atoms with van der Waals surface area (Å²) in [5, 5.41) is 6.17. The maximum absolute atomic E-state index is 12.3. The smallest absolute Gasteiger partial charge is 0.255 e. The number of fused-ring (bicyclic) bond motifs is 1. The fraction of sp³-hybridized carbons (Fsp3) is 0.0476. The highest BCUT2D eigenvalue weighted by Crippen LogP contribution is 2.15. The molecule has 132 valence electrons. The van der Waals surface area contributed by atoms with Gasteiger partial charge in [0.15, 0.2) is 0 Å². The van der Waals surface area contributed by atoms with Gasteiger partial charge in [-0.1, -0.05) is 24.3 Å². The highest BCUT2D eigenvalue weighted by molar-refractivity contribution is 6.04. The highest BCUT2D eigenvalue weighted by Gasteiger charge is 2.06. The summed E-state index contributed by atoms with van der Waals surface area (Å²) in [6.07, 6.45) is 4.91. The largest absolute Gasteiger partial charge is 0.365 e. The lowest BCUT2D eigenvalue weighted by atomic mass is 10.2. The fourth-order valence-corrected chi connectivity index (χ4v) is 2.70. The molecule has 6 nitrogen and oxygen atoms in total. The van der Waals surface area contributed by atoms with Crippen molar-refractivity contribution in [3.8, 4) is 0 Å². The Morgan fingerprint density at radius 1 is 0.926 bits per heavy atom. The molecule has 2 aromatic carbocycles. The van der Waals surface area contributed by atoms with Crippen molar-refractivity contribution in [2.45, 2.75) is 6.54 Å². The van der Waals surface area contributed by atoms with E-state index < -0.39 is 0 Å². The molecule has 0 radical (unpaired) electrons. The van der Waals surface area contributed by atoms with E-state index in [1.807, 2.05) is 48.5 Å². The van der Waals surface area contributed by atoms with Gasteiger partial charge in [0.1, 0.15) is 5.82 Å². The molecule has 2 aromatic heterocycles. The summed E-state index contributed by atoms with van der Waals surface area (Å²) in [7, 11) is 0. The van der Waals surface area contributed by atoms with E-state index in [0.717, 1.165) is 22.3 Å². The van der Waals surface area contributed by atoms with Crippen LogP contribution in [0.15, 0.2) is 79.3 Å². The number of amides is 1. The molecule has 4 rings (SSSR count). The fourth-order valence-electron chi connectivity index (χ4n) is 2.70. The van der Waals surface area contributed by atoms with Gasteiger partial charge in [-0.25, -0.2) is 4.98 Å². The number of carbonyl (C=O) groups is 1. The van der Waals surface area contributed by atoms with Crippen molar-refractivity contribution in [3.63, 3.8) is 0 Å². The zero-order valence-corrected chi connectivity index (χ0v) is 14.5. The van der Waals surface area contributed by atoms with Crippen molar-refractivity contribution in [3.05, 3.63) is 90.4 Å². The second-order valence-corrected chi connectivity index (χ2v) is 5.99. The quantitative estimate of drug-likeness (QED) is 0.568. The lowest BCUT2D eigenvalue weighted by molar-refractivity contribution is 0.102. The number of benzene rings is 2. The topological polar surface area (TPSA) is 79.8 Å². The van der Waals surface area contributed by atoms with Gasteiger partial charge in [0.2, 0.25) is 0 Å². The van der Waals surface area contributed by atoms with E-state index in [4.69, 9.17) is 0 Å². The van der Waals surface area contributed by atoms with Crippen LogP contribution in [0.5, 0.6) is 0 Å². The van der Waals surface area contributed by atoms with Crippen LogP contribution in [0.4, 0.5) is 11.5 Å². The minimum atomic E-state index is -0.164. The normalized spacial score (nSPS) is 10.5.